The van der Waals surface area contributed by atoms with Gasteiger partial charge in [-0.25, -0.2) is 9.97 Å². The van der Waals surface area contributed by atoms with Crippen LogP contribution in [-0.4, -0.2) is 26.8 Å². The molecule has 17 heavy (non-hydrogen) atoms. The number of hydrogen-bond acceptors (Lipinski definition) is 4. The number of aromatic nitrogens is 2. The van der Waals surface area contributed by atoms with Crippen LogP contribution in [0.2, 0.25) is 0 Å². The van der Waals surface area contributed by atoms with Crippen LogP contribution in [0.25, 0.3) is 0 Å². The molecule has 0 aliphatic heterocycles. The summed E-state index contributed by atoms with van der Waals surface area (Å²) >= 11 is 1.24. The van der Waals surface area contributed by atoms with E-state index in [4.69, 9.17) is 5.11 Å². The molecule has 1 aromatic heterocycles. The van der Waals surface area contributed by atoms with Crippen molar-refractivity contribution in [1.82, 2.24) is 9.97 Å². The molecule has 1 heterocycles. The third-order valence-electron chi connectivity index (χ3n) is 2.19. The summed E-state index contributed by atoms with van der Waals surface area (Å²) in [5, 5.41) is 9.41. The Balaban J connectivity index is 2.99. The predicted octanol–water partition coefficient (Wildman–Crippen LogP) is 2.90. The first kappa shape index (κ1) is 14.0. The van der Waals surface area contributed by atoms with Gasteiger partial charge < -0.3 is 5.11 Å². The van der Waals surface area contributed by atoms with Crippen molar-refractivity contribution in [2.24, 2.45) is 0 Å². The Kier molecular flexibility index (Phi) is 4.93. The Labute approximate surface area is 106 Å². The van der Waals surface area contributed by atoms with Gasteiger partial charge >= 0.3 is 5.97 Å². The van der Waals surface area contributed by atoms with Crippen LogP contribution in [-0.2, 0) is 4.79 Å². The first-order chi connectivity index (χ1) is 7.90. The van der Waals surface area contributed by atoms with Crippen molar-refractivity contribution in [3.8, 4) is 0 Å². The zero-order chi connectivity index (χ0) is 13.0. The average Bonchev–Trinajstić information content (AvgIpc) is 2.25. The van der Waals surface area contributed by atoms with E-state index < -0.39 is 5.97 Å². The molecule has 0 spiro atoms. The molecule has 1 N–H and O–H groups in total. The highest BCUT2D eigenvalue weighted by atomic mass is 32.2. The Morgan fingerprint density at radius 1 is 1.29 bits per heavy atom. The Bertz CT molecular complexity index is 379. The van der Waals surface area contributed by atoms with Gasteiger partial charge in [-0.1, -0.05) is 39.5 Å². The molecule has 0 atom stereocenters. The first-order valence-corrected chi connectivity index (χ1v) is 6.62. The molecule has 1 rings (SSSR count). The molecule has 0 saturated heterocycles. The summed E-state index contributed by atoms with van der Waals surface area (Å²) in [6.45, 7) is 8.20. The minimum atomic E-state index is -0.828. The lowest BCUT2D eigenvalue weighted by Gasteiger charge is -2.11. The Morgan fingerprint density at radius 3 is 2.41 bits per heavy atom. The van der Waals surface area contributed by atoms with Crippen molar-refractivity contribution < 1.29 is 9.90 Å². The monoisotopic (exact) mass is 254 g/mol. The van der Waals surface area contributed by atoms with Crippen molar-refractivity contribution >= 4 is 17.7 Å². The largest absolute Gasteiger partial charge is 0.481 e. The van der Waals surface area contributed by atoms with Gasteiger partial charge in [-0.05, 0) is 12.0 Å². The number of carboxylic acids is 1. The van der Waals surface area contributed by atoms with Gasteiger partial charge in [-0.2, -0.15) is 0 Å². The van der Waals surface area contributed by atoms with E-state index in [-0.39, 0.29) is 11.7 Å². The lowest BCUT2D eigenvalue weighted by atomic mass is 10.1. The summed E-state index contributed by atoms with van der Waals surface area (Å²) < 4.78 is 0. The fourth-order valence-electron chi connectivity index (χ4n) is 1.22. The second-order valence-electron chi connectivity index (χ2n) is 4.48. The smallest absolute Gasteiger partial charge is 0.313 e. The molecule has 1 aromatic rings. The molecule has 0 unspecified atom stereocenters. The summed E-state index contributed by atoms with van der Waals surface area (Å²) in [5.74, 6) is 0.555. The van der Waals surface area contributed by atoms with Gasteiger partial charge in [0.15, 0.2) is 0 Å². The fourth-order valence-corrected chi connectivity index (χ4v) is 1.86. The summed E-state index contributed by atoms with van der Waals surface area (Å²) in [5.41, 5.74) is 0.969. The predicted molar refractivity (Wildman–Crippen MR) is 68.6 cm³/mol. The van der Waals surface area contributed by atoms with E-state index >= 15 is 0 Å². The highest BCUT2D eigenvalue weighted by Crippen LogP contribution is 2.22. The minimum Gasteiger partial charge on any atom is -0.481 e. The third-order valence-corrected chi connectivity index (χ3v) is 3.09. The van der Waals surface area contributed by atoms with E-state index in [1.807, 2.05) is 19.9 Å². The SMILES string of the molecule is CC(C)c1cc(SCC(=O)O)nc(C(C)C)n1. The number of aliphatic carboxylic acids is 1. The highest BCUT2D eigenvalue weighted by Gasteiger charge is 2.11. The Morgan fingerprint density at radius 2 is 1.94 bits per heavy atom. The van der Waals surface area contributed by atoms with E-state index in [0.29, 0.717) is 5.92 Å². The molecular weight excluding hydrogens is 236 g/mol. The maximum Gasteiger partial charge on any atom is 0.313 e. The van der Waals surface area contributed by atoms with Gasteiger partial charge in [0.2, 0.25) is 0 Å². The molecular formula is C12H18N2O2S. The van der Waals surface area contributed by atoms with Crippen LogP contribution in [0.15, 0.2) is 11.1 Å². The lowest BCUT2D eigenvalue weighted by molar-refractivity contribution is -0.133. The van der Waals surface area contributed by atoms with Crippen LogP contribution in [0.3, 0.4) is 0 Å². The summed E-state index contributed by atoms with van der Waals surface area (Å²) in [6, 6.07) is 1.88. The van der Waals surface area contributed by atoms with Crippen molar-refractivity contribution in [2.45, 2.75) is 44.6 Å². The molecule has 0 aliphatic rings. The number of nitrogens with zero attached hydrogens (tertiary/aromatic N) is 2. The van der Waals surface area contributed by atoms with Crippen molar-refractivity contribution in [3.05, 3.63) is 17.6 Å². The second-order valence-corrected chi connectivity index (χ2v) is 5.48. The molecule has 0 aliphatic carbocycles. The molecule has 0 bridgehead atoms. The number of rotatable bonds is 5. The summed E-state index contributed by atoms with van der Waals surface area (Å²) in [7, 11) is 0. The molecule has 0 saturated carbocycles. The van der Waals surface area contributed by atoms with Crippen molar-refractivity contribution in [3.63, 3.8) is 0 Å². The molecule has 0 fully saturated rings. The maximum absolute atomic E-state index is 10.5. The van der Waals surface area contributed by atoms with Crippen LogP contribution in [0, 0.1) is 0 Å². The number of carbonyl (C=O) groups is 1. The standard InChI is InChI=1S/C12H18N2O2S/c1-7(2)9-5-10(17-6-11(15)16)14-12(13-9)8(3)4/h5,7-8H,6H2,1-4H3,(H,15,16). The van der Waals surface area contributed by atoms with Crippen molar-refractivity contribution in [2.75, 3.05) is 5.75 Å². The maximum atomic E-state index is 10.5. The number of thioether (sulfide) groups is 1. The summed E-state index contributed by atoms with van der Waals surface area (Å²) in [4.78, 5) is 19.4. The zero-order valence-electron chi connectivity index (χ0n) is 10.6. The van der Waals surface area contributed by atoms with E-state index in [9.17, 15) is 4.79 Å². The van der Waals surface area contributed by atoms with Crippen LogP contribution < -0.4 is 0 Å². The van der Waals surface area contributed by atoms with E-state index in [2.05, 4.69) is 23.8 Å². The third kappa shape index (κ3) is 4.34. The lowest BCUT2D eigenvalue weighted by Crippen LogP contribution is -2.05. The quantitative estimate of drug-likeness (QED) is 0.646. The molecule has 0 aromatic carbocycles. The van der Waals surface area contributed by atoms with Crippen LogP contribution >= 0.6 is 11.8 Å². The highest BCUT2D eigenvalue weighted by molar-refractivity contribution is 7.99. The van der Waals surface area contributed by atoms with Gasteiger partial charge in [0.25, 0.3) is 0 Å². The summed E-state index contributed by atoms with van der Waals surface area (Å²) in [6.07, 6.45) is 0. The van der Waals surface area contributed by atoms with Gasteiger partial charge in [-0.15, -0.1) is 0 Å². The van der Waals surface area contributed by atoms with Crippen LogP contribution in [0.4, 0.5) is 0 Å². The van der Waals surface area contributed by atoms with Gasteiger partial charge in [0.1, 0.15) is 10.9 Å². The molecule has 0 radical (unpaired) electrons. The normalized spacial score (nSPS) is 11.2. The van der Waals surface area contributed by atoms with Gasteiger partial charge in [-0.3, -0.25) is 4.79 Å². The molecule has 0 amide bonds. The van der Waals surface area contributed by atoms with Crippen LogP contribution in [0.5, 0.6) is 0 Å². The molecule has 4 nitrogen and oxygen atoms in total. The first-order valence-electron chi connectivity index (χ1n) is 5.63. The Hall–Kier alpha value is -1.10. The number of carboxylic acid groups (broad SMARTS) is 1. The van der Waals surface area contributed by atoms with E-state index in [0.717, 1.165) is 16.5 Å². The van der Waals surface area contributed by atoms with E-state index in [1.54, 1.807) is 0 Å². The zero-order valence-corrected chi connectivity index (χ0v) is 11.4. The molecule has 94 valence electrons. The number of hydrogen-bond donors (Lipinski definition) is 1. The van der Waals surface area contributed by atoms with E-state index in [1.165, 1.54) is 11.8 Å². The van der Waals surface area contributed by atoms with Gasteiger partial charge in [0.05, 0.1) is 5.75 Å². The molecule has 5 heteroatoms. The second kappa shape index (κ2) is 6.00. The van der Waals surface area contributed by atoms with Crippen molar-refractivity contribution in [1.29, 1.82) is 0 Å². The average molecular weight is 254 g/mol. The topological polar surface area (TPSA) is 63.1 Å². The van der Waals surface area contributed by atoms with Gasteiger partial charge in [0, 0.05) is 11.6 Å². The minimum absolute atomic E-state index is 0.0338. The van der Waals surface area contributed by atoms with Crippen LogP contribution in [0.1, 0.15) is 51.0 Å². The fraction of sp³-hybridized carbons (Fsp3) is 0.583.